The molecule has 1 aromatic rings. The van der Waals surface area contributed by atoms with E-state index in [1.54, 1.807) is 7.11 Å². The van der Waals surface area contributed by atoms with E-state index in [1.165, 1.54) is 5.56 Å². The molecule has 1 saturated heterocycles. The van der Waals surface area contributed by atoms with Crippen molar-refractivity contribution < 1.29 is 4.74 Å². The minimum absolute atomic E-state index is 0.406. The molecule has 0 bridgehead atoms. The summed E-state index contributed by atoms with van der Waals surface area (Å²) in [6.45, 7) is 6.54. The van der Waals surface area contributed by atoms with E-state index in [2.05, 4.69) is 23.2 Å². The number of nitrogens with zero attached hydrogens (tertiary/aromatic N) is 1. The Morgan fingerprint density at radius 1 is 1.35 bits per heavy atom. The lowest BCUT2D eigenvalue weighted by molar-refractivity contribution is 0.185. The average molecular weight is 255 g/mol. The van der Waals surface area contributed by atoms with Gasteiger partial charge in [0.15, 0.2) is 0 Å². The molecule has 0 amide bonds. The molecule has 1 atom stereocenters. The summed E-state index contributed by atoms with van der Waals surface area (Å²) in [5, 5.41) is 4.04. The minimum Gasteiger partial charge on any atom is -0.495 e. The van der Waals surface area contributed by atoms with E-state index in [9.17, 15) is 0 Å². The third-order valence-electron chi connectivity index (χ3n) is 3.36. The highest BCUT2D eigenvalue weighted by atomic mass is 35.5. The first kappa shape index (κ1) is 12.7. The summed E-state index contributed by atoms with van der Waals surface area (Å²) >= 11 is 6.04. The largest absolute Gasteiger partial charge is 0.495 e. The average Bonchev–Trinajstić information content (AvgIpc) is 2.39. The van der Waals surface area contributed by atoms with Gasteiger partial charge >= 0.3 is 0 Å². The molecule has 1 N–H and O–H groups in total. The van der Waals surface area contributed by atoms with Gasteiger partial charge in [0, 0.05) is 32.2 Å². The van der Waals surface area contributed by atoms with Crippen LogP contribution in [0.5, 0.6) is 5.75 Å². The van der Waals surface area contributed by atoms with Crippen LogP contribution in [0.15, 0.2) is 18.2 Å². The Kier molecular flexibility index (Phi) is 4.26. The third kappa shape index (κ3) is 2.92. The summed E-state index contributed by atoms with van der Waals surface area (Å²) < 4.78 is 5.26. The molecule has 3 nitrogen and oxygen atoms in total. The molecule has 0 spiro atoms. The molecule has 1 aromatic carbocycles. The lowest BCUT2D eigenvalue weighted by Crippen LogP contribution is -2.44. The number of rotatable bonds is 3. The van der Waals surface area contributed by atoms with Gasteiger partial charge in [-0.2, -0.15) is 0 Å². The second-order valence-corrected chi connectivity index (χ2v) is 4.76. The number of halogens is 1. The fourth-order valence-electron chi connectivity index (χ4n) is 2.22. The fraction of sp³-hybridized carbons (Fsp3) is 0.538. The van der Waals surface area contributed by atoms with Crippen LogP contribution >= 0.6 is 11.6 Å². The van der Waals surface area contributed by atoms with Crippen molar-refractivity contribution in [3.05, 3.63) is 28.8 Å². The van der Waals surface area contributed by atoms with Crippen LogP contribution in [-0.4, -0.2) is 38.2 Å². The normalized spacial score (nSPS) is 19.0. The van der Waals surface area contributed by atoms with Gasteiger partial charge in [-0.25, -0.2) is 0 Å². The first-order chi connectivity index (χ1) is 8.22. The van der Waals surface area contributed by atoms with Crippen LogP contribution in [0.1, 0.15) is 18.5 Å². The molecule has 17 heavy (non-hydrogen) atoms. The predicted molar refractivity (Wildman–Crippen MR) is 70.9 cm³/mol. The summed E-state index contributed by atoms with van der Waals surface area (Å²) in [4.78, 5) is 2.47. The van der Waals surface area contributed by atoms with Crippen LogP contribution in [0, 0.1) is 0 Å². The Hall–Kier alpha value is -0.770. The van der Waals surface area contributed by atoms with Gasteiger partial charge in [-0.3, -0.25) is 4.90 Å². The van der Waals surface area contributed by atoms with Crippen LogP contribution in [0.3, 0.4) is 0 Å². The second kappa shape index (κ2) is 5.71. The molecule has 4 heteroatoms. The second-order valence-electron chi connectivity index (χ2n) is 4.36. The van der Waals surface area contributed by atoms with Crippen molar-refractivity contribution in [1.82, 2.24) is 10.2 Å². The maximum Gasteiger partial charge on any atom is 0.137 e. The zero-order chi connectivity index (χ0) is 12.3. The molecule has 2 rings (SSSR count). The van der Waals surface area contributed by atoms with Gasteiger partial charge in [-0.1, -0.05) is 17.7 Å². The van der Waals surface area contributed by atoms with Crippen LogP contribution < -0.4 is 10.1 Å². The number of nitrogens with one attached hydrogen (secondary N) is 1. The van der Waals surface area contributed by atoms with E-state index in [4.69, 9.17) is 16.3 Å². The van der Waals surface area contributed by atoms with Crippen LogP contribution in [0.4, 0.5) is 0 Å². The van der Waals surface area contributed by atoms with Crippen LogP contribution in [-0.2, 0) is 0 Å². The fourth-order valence-corrected chi connectivity index (χ4v) is 2.41. The van der Waals surface area contributed by atoms with Crippen molar-refractivity contribution in [2.75, 3.05) is 33.3 Å². The Labute approximate surface area is 108 Å². The van der Waals surface area contributed by atoms with Crippen molar-refractivity contribution in [3.8, 4) is 5.75 Å². The molecule has 1 aliphatic heterocycles. The Morgan fingerprint density at radius 2 is 2.06 bits per heavy atom. The summed E-state index contributed by atoms with van der Waals surface area (Å²) in [6.07, 6.45) is 0. The van der Waals surface area contributed by atoms with E-state index in [0.29, 0.717) is 11.1 Å². The van der Waals surface area contributed by atoms with Crippen molar-refractivity contribution in [1.29, 1.82) is 0 Å². The third-order valence-corrected chi connectivity index (χ3v) is 3.67. The minimum atomic E-state index is 0.406. The van der Waals surface area contributed by atoms with Crippen LogP contribution in [0.25, 0.3) is 0 Å². The van der Waals surface area contributed by atoms with E-state index in [0.717, 1.165) is 31.9 Å². The highest BCUT2D eigenvalue weighted by Crippen LogP contribution is 2.29. The molecule has 1 heterocycles. The highest BCUT2D eigenvalue weighted by Gasteiger charge is 2.18. The molecular formula is C13H19ClN2O. The molecular weight excluding hydrogens is 236 g/mol. The van der Waals surface area contributed by atoms with Crippen molar-refractivity contribution in [2.24, 2.45) is 0 Å². The SMILES string of the molecule is COc1cc([C@@H](C)N2CCNCC2)ccc1Cl. The van der Waals surface area contributed by atoms with Gasteiger partial charge in [0.25, 0.3) is 0 Å². The first-order valence-corrected chi connectivity index (χ1v) is 6.38. The first-order valence-electron chi connectivity index (χ1n) is 6.00. The number of ether oxygens (including phenoxy) is 1. The van der Waals surface area contributed by atoms with Gasteiger partial charge in [-0.05, 0) is 24.6 Å². The number of hydrogen-bond donors (Lipinski definition) is 1. The van der Waals surface area contributed by atoms with E-state index in [1.807, 2.05) is 12.1 Å². The topological polar surface area (TPSA) is 24.5 Å². The van der Waals surface area contributed by atoms with Gasteiger partial charge < -0.3 is 10.1 Å². The quantitative estimate of drug-likeness (QED) is 0.896. The Morgan fingerprint density at radius 3 is 2.71 bits per heavy atom. The lowest BCUT2D eigenvalue weighted by Gasteiger charge is -2.33. The molecule has 94 valence electrons. The van der Waals surface area contributed by atoms with Gasteiger partial charge in [0.05, 0.1) is 12.1 Å². The van der Waals surface area contributed by atoms with Crippen molar-refractivity contribution >= 4 is 11.6 Å². The molecule has 0 saturated carbocycles. The number of methoxy groups -OCH3 is 1. The summed E-state index contributed by atoms with van der Waals surface area (Å²) in [6, 6.07) is 6.43. The molecule has 1 fully saturated rings. The molecule has 1 aliphatic rings. The summed E-state index contributed by atoms with van der Waals surface area (Å²) in [5.74, 6) is 0.756. The Balaban J connectivity index is 2.15. The maximum absolute atomic E-state index is 6.04. The maximum atomic E-state index is 6.04. The smallest absolute Gasteiger partial charge is 0.137 e. The summed E-state index contributed by atoms with van der Waals surface area (Å²) in [7, 11) is 1.65. The highest BCUT2D eigenvalue weighted by molar-refractivity contribution is 6.32. The molecule has 0 unspecified atom stereocenters. The number of benzene rings is 1. The summed E-state index contributed by atoms with van der Waals surface area (Å²) in [5.41, 5.74) is 1.26. The molecule has 0 aliphatic carbocycles. The standard InChI is InChI=1S/C13H19ClN2O/c1-10(16-7-5-15-6-8-16)11-3-4-12(14)13(9-11)17-2/h3-4,9-10,15H,5-8H2,1-2H3/t10-/m1/s1. The molecule has 0 radical (unpaired) electrons. The van der Waals surface area contributed by atoms with Gasteiger partial charge in [0.1, 0.15) is 5.75 Å². The Bertz CT molecular complexity index is 378. The monoisotopic (exact) mass is 254 g/mol. The predicted octanol–water partition coefficient (Wildman–Crippen LogP) is 2.31. The van der Waals surface area contributed by atoms with E-state index >= 15 is 0 Å². The van der Waals surface area contributed by atoms with E-state index < -0.39 is 0 Å². The number of hydrogen-bond acceptors (Lipinski definition) is 3. The zero-order valence-corrected chi connectivity index (χ0v) is 11.1. The van der Waals surface area contributed by atoms with Gasteiger partial charge in [0.2, 0.25) is 0 Å². The zero-order valence-electron chi connectivity index (χ0n) is 10.4. The van der Waals surface area contributed by atoms with Crippen LogP contribution in [0.2, 0.25) is 5.02 Å². The number of piperazine rings is 1. The van der Waals surface area contributed by atoms with Gasteiger partial charge in [-0.15, -0.1) is 0 Å². The molecule has 0 aromatic heterocycles. The van der Waals surface area contributed by atoms with Crippen molar-refractivity contribution in [2.45, 2.75) is 13.0 Å². The van der Waals surface area contributed by atoms with Crippen molar-refractivity contribution in [3.63, 3.8) is 0 Å². The van der Waals surface area contributed by atoms with E-state index in [-0.39, 0.29) is 0 Å². The lowest BCUT2D eigenvalue weighted by atomic mass is 10.1.